The predicted octanol–water partition coefficient (Wildman–Crippen LogP) is 4.88. The summed E-state index contributed by atoms with van der Waals surface area (Å²) in [6.45, 7) is 8.82. The Bertz CT molecular complexity index is 1380. The van der Waals surface area contributed by atoms with Gasteiger partial charge >= 0.3 is 5.97 Å². The first-order valence-electron chi connectivity index (χ1n) is 14.1. The first kappa shape index (κ1) is 30.2. The fraction of sp³-hybridized carbons (Fsp3) is 0.344. The van der Waals surface area contributed by atoms with Gasteiger partial charge in [0.1, 0.15) is 0 Å². The molecular weight excluding hydrogens is 538 g/mol. The summed E-state index contributed by atoms with van der Waals surface area (Å²) in [5.74, 6) is 0.288. The number of rotatable bonds is 11. The normalized spacial score (nSPS) is 12.9. The van der Waals surface area contributed by atoms with Crippen LogP contribution in [0.2, 0.25) is 0 Å². The Kier molecular flexibility index (Phi) is 10.3. The standard InChI is InChI=1S/C32H37N3O7/c1-5-40-27-20-24(21-28(41-6-2)29(27)42-7-3)30(36)33-25-19-23(32(38)39-4)13-14-26(25)34-15-17-35(18-16-34)31(37)22-11-9-8-10-12-22/h8-14,19-21H,5-7,15-18H2,1-4H3,(H,33,36). The third kappa shape index (κ3) is 6.94. The third-order valence-corrected chi connectivity index (χ3v) is 6.77. The summed E-state index contributed by atoms with van der Waals surface area (Å²) >= 11 is 0. The third-order valence-electron chi connectivity index (χ3n) is 6.77. The topological polar surface area (TPSA) is 107 Å². The van der Waals surface area contributed by atoms with Gasteiger partial charge in [0, 0.05) is 37.3 Å². The molecule has 1 aliphatic rings. The molecule has 4 rings (SSSR count). The van der Waals surface area contributed by atoms with Crippen LogP contribution in [0.3, 0.4) is 0 Å². The van der Waals surface area contributed by atoms with Crippen molar-refractivity contribution >= 4 is 29.2 Å². The van der Waals surface area contributed by atoms with E-state index in [0.29, 0.717) is 85.6 Å². The van der Waals surface area contributed by atoms with E-state index in [2.05, 4.69) is 10.2 Å². The second-order valence-corrected chi connectivity index (χ2v) is 9.42. The number of amides is 2. The molecule has 0 bridgehead atoms. The molecule has 1 aliphatic heterocycles. The van der Waals surface area contributed by atoms with Gasteiger partial charge < -0.3 is 34.1 Å². The van der Waals surface area contributed by atoms with Crippen molar-refractivity contribution in [2.45, 2.75) is 20.8 Å². The first-order valence-corrected chi connectivity index (χ1v) is 14.1. The van der Waals surface area contributed by atoms with Crippen molar-refractivity contribution < 1.29 is 33.3 Å². The lowest BCUT2D eigenvalue weighted by atomic mass is 10.1. The quantitative estimate of drug-likeness (QED) is 0.323. The summed E-state index contributed by atoms with van der Waals surface area (Å²) in [5.41, 5.74) is 2.41. The summed E-state index contributed by atoms with van der Waals surface area (Å²) in [4.78, 5) is 42.8. The monoisotopic (exact) mass is 575 g/mol. The van der Waals surface area contributed by atoms with Crippen LogP contribution in [-0.4, -0.2) is 75.8 Å². The van der Waals surface area contributed by atoms with Gasteiger partial charge in [-0.15, -0.1) is 0 Å². The van der Waals surface area contributed by atoms with Crippen molar-refractivity contribution in [3.8, 4) is 17.2 Å². The molecule has 3 aromatic rings. The highest BCUT2D eigenvalue weighted by molar-refractivity contribution is 6.07. The average Bonchev–Trinajstić information content (AvgIpc) is 3.02. The van der Waals surface area contributed by atoms with Crippen LogP contribution in [0.1, 0.15) is 51.8 Å². The zero-order valence-corrected chi connectivity index (χ0v) is 24.5. The Balaban J connectivity index is 1.61. The van der Waals surface area contributed by atoms with E-state index in [4.69, 9.17) is 18.9 Å². The number of piperazine rings is 1. The van der Waals surface area contributed by atoms with Crippen molar-refractivity contribution in [3.63, 3.8) is 0 Å². The molecule has 0 spiro atoms. The number of benzene rings is 3. The molecule has 0 radical (unpaired) electrons. The molecule has 1 saturated heterocycles. The van der Waals surface area contributed by atoms with E-state index < -0.39 is 11.9 Å². The summed E-state index contributed by atoms with van der Waals surface area (Å²) in [6.07, 6.45) is 0. The first-order chi connectivity index (χ1) is 20.4. The molecule has 10 heteroatoms. The summed E-state index contributed by atoms with van der Waals surface area (Å²) in [6, 6.07) is 17.5. The van der Waals surface area contributed by atoms with Gasteiger partial charge in [-0.2, -0.15) is 0 Å². The second-order valence-electron chi connectivity index (χ2n) is 9.42. The van der Waals surface area contributed by atoms with Crippen LogP contribution in [0.5, 0.6) is 17.2 Å². The number of ether oxygens (including phenoxy) is 4. The summed E-state index contributed by atoms with van der Waals surface area (Å²) in [5, 5.41) is 2.97. The molecule has 222 valence electrons. The van der Waals surface area contributed by atoms with Gasteiger partial charge in [-0.05, 0) is 63.2 Å². The minimum atomic E-state index is -0.520. The van der Waals surface area contributed by atoms with E-state index in [1.54, 1.807) is 30.3 Å². The molecule has 1 heterocycles. The maximum Gasteiger partial charge on any atom is 0.337 e. The molecule has 1 fully saturated rings. The lowest BCUT2D eigenvalue weighted by Crippen LogP contribution is -2.49. The van der Waals surface area contributed by atoms with E-state index in [9.17, 15) is 14.4 Å². The molecule has 10 nitrogen and oxygen atoms in total. The van der Waals surface area contributed by atoms with E-state index in [1.807, 2.05) is 56.0 Å². The highest BCUT2D eigenvalue weighted by Crippen LogP contribution is 2.39. The van der Waals surface area contributed by atoms with Gasteiger partial charge in [0.05, 0.1) is 43.9 Å². The Morgan fingerprint density at radius 2 is 1.36 bits per heavy atom. The Morgan fingerprint density at radius 1 is 0.738 bits per heavy atom. The van der Waals surface area contributed by atoms with Gasteiger partial charge in [-0.1, -0.05) is 18.2 Å². The van der Waals surface area contributed by atoms with Crippen molar-refractivity contribution in [2.75, 3.05) is 63.3 Å². The average molecular weight is 576 g/mol. The minimum Gasteiger partial charge on any atom is -0.490 e. The molecule has 0 atom stereocenters. The zero-order valence-electron chi connectivity index (χ0n) is 24.5. The lowest BCUT2D eigenvalue weighted by molar-refractivity contribution is 0.0600. The van der Waals surface area contributed by atoms with Gasteiger partial charge in [0.25, 0.3) is 11.8 Å². The number of methoxy groups -OCH3 is 1. The molecule has 0 saturated carbocycles. The molecule has 1 N–H and O–H groups in total. The van der Waals surface area contributed by atoms with Crippen LogP contribution < -0.4 is 24.4 Å². The highest BCUT2D eigenvalue weighted by atomic mass is 16.5. The van der Waals surface area contributed by atoms with E-state index in [1.165, 1.54) is 7.11 Å². The number of esters is 1. The Hall–Kier alpha value is -4.73. The number of nitrogens with zero attached hydrogens (tertiary/aromatic N) is 2. The Labute approximate surface area is 246 Å². The van der Waals surface area contributed by atoms with Crippen LogP contribution in [0.25, 0.3) is 0 Å². The van der Waals surface area contributed by atoms with Crippen molar-refractivity contribution in [3.05, 3.63) is 77.4 Å². The van der Waals surface area contributed by atoms with Crippen molar-refractivity contribution in [1.29, 1.82) is 0 Å². The molecule has 2 amide bonds. The number of hydrogen-bond donors (Lipinski definition) is 1. The number of carbonyl (C=O) groups is 3. The summed E-state index contributed by atoms with van der Waals surface area (Å²) < 4.78 is 22.2. The zero-order chi connectivity index (χ0) is 30.1. The van der Waals surface area contributed by atoms with Gasteiger partial charge in [0.15, 0.2) is 11.5 Å². The van der Waals surface area contributed by atoms with Crippen LogP contribution in [0.4, 0.5) is 11.4 Å². The molecule has 42 heavy (non-hydrogen) atoms. The van der Waals surface area contributed by atoms with Crippen molar-refractivity contribution in [1.82, 2.24) is 4.90 Å². The second kappa shape index (κ2) is 14.2. The lowest BCUT2D eigenvalue weighted by Gasteiger charge is -2.37. The molecular formula is C32H37N3O7. The maximum atomic E-state index is 13.6. The Morgan fingerprint density at radius 3 is 1.93 bits per heavy atom. The number of anilines is 2. The van der Waals surface area contributed by atoms with Gasteiger partial charge in [-0.25, -0.2) is 4.79 Å². The SMILES string of the molecule is CCOc1cc(C(=O)Nc2cc(C(=O)OC)ccc2N2CCN(C(=O)c3ccccc3)CC2)cc(OCC)c1OCC. The van der Waals surface area contributed by atoms with Crippen LogP contribution in [-0.2, 0) is 4.74 Å². The van der Waals surface area contributed by atoms with E-state index in [0.717, 1.165) is 5.69 Å². The number of hydrogen-bond acceptors (Lipinski definition) is 8. The molecule has 0 unspecified atom stereocenters. The van der Waals surface area contributed by atoms with Gasteiger partial charge in [0.2, 0.25) is 5.75 Å². The maximum absolute atomic E-state index is 13.6. The molecule has 0 aliphatic carbocycles. The molecule has 0 aromatic heterocycles. The number of nitrogens with one attached hydrogen (secondary N) is 1. The fourth-order valence-corrected chi connectivity index (χ4v) is 4.78. The van der Waals surface area contributed by atoms with Gasteiger partial charge in [-0.3, -0.25) is 9.59 Å². The van der Waals surface area contributed by atoms with E-state index in [-0.39, 0.29) is 5.91 Å². The van der Waals surface area contributed by atoms with Crippen LogP contribution in [0, 0.1) is 0 Å². The summed E-state index contributed by atoms with van der Waals surface area (Å²) in [7, 11) is 1.31. The smallest absolute Gasteiger partial charge is 0.337 e. The van der Waals surface area contributed by atoms with E-state index >= 15 is 0 Å². The predicted molar refractivity (Wildman–Crippen MR) is 160 cm³/mol. The highest BCUT2D eigenvalue weighted by Gasteiger charge is 2.25. The molecule has 3 aromatic carbocycles. The van der Waals surface area contributed by atoms with Crippen molar-refractivity contribution in [2.24, 2.45) is 0 Å². The fourth-order valence-electron chi connectivity index (χ4n) is 4.78. The minimum absolute atomic E-state index is 0.0180. The largest absolute Gasteiger partial charge is 0.490 e. The van der Waals surface area contributed by atoms with Crippen LogP contribution >= 0.6 is 0 Å². The van der Waals surface area contributed by atoms with Crippen LogP contribution in [0.15, 0.2) is 60.7 Å². The number of carbonyl (C=O) groups excluding carboxylic acids is 3.